The van der Waals surface area contributed by atoms with Gasteiger partial charge in [0.1, 0.15) is 22.8 Å². The normalized spacial score (nSPS) is 15.9. The highest BCUT2D eigenvalue weighted by atomic mass is 32.2. The smallest absolute Gasteiger partial charge is 0.412 e. The zero-order chi connectivity index (χ0) is 26.7. The number of carboxylic acid groups (broad SMARTS) is 1. The minimum atomic E-state index is -4.09. The molecule has 192 valence electrons. The Bertz CT molecular complexity index is 1690. The van der Waals surface area contributed by atoms with Crippen LogP contribution in [-0.2, 0) is 25.2 Å². The Labute approximate surface area is 213 Å². The molecule has 1 aliphatic rings. The number of amides is 1. The summed E-state index contributed by atoms with van der Waals surface area (Å²) in [6.45, 7) is 6.94. The number of hydrogen-bond donors (Lipinski definition) is 3. The van der Waals surface area contributed by atoms with E-state index >= 15 is 0 Å². The molecule has 1 atom stereocenters. The Balaban J connectivity index is 1.54. The molecule has 0 saturated heterocycles. The van der Waals surface area contributed by atoms with Crippen molar-refractivity contribution < 1.29 is 32.3 Å². The van der Waals surface area contributed by atoms with Crippen LogP contribution in [0.2, 0.25) is 0 Å². The van der Waals surface area contributed by atoms with E-state index in [9.17, 15) is 23.1 Å². The van der Waals surface area contributed by atoms with Crippen LogP contribution in [0.4, 0.5) is 10.5 Å². The lowest BCUT2D eigenvalue weighted by Gasteiger charge is -2.32. The number of cyclic esters (lactones) is 1. The standard InChI is InChI=1S/C27H26N2O7S/c1-14(2)24(25(30)31)29-37(33,34)17-7-8-18-19-11-15(6-10-22(19)35-23(18)13-17)16-5-9-21-20(12-16)27(3,4)36-26(32)28-21/h5-14,24,29H,1-4H3,(H,28,32)(H,30,31)/t24-/m0/s1. The first-order chi connectivity index (χ1) is 17.4. The summed E-state index contributed by atoms with van der Waals surface area (Å²) in [5.41, 5.74) is 3.54. The molecule has 0 bridgehead atoms. The molecule has 0 spiro atoms. The van der Waals surface area contributed by atoms with E-state index in [-0.39, 0.29) is 4.90 Å². The zero-order valence-corrected chi connectivity index (χ0v) is 21.5. The predicted molar refractivity (Wildman–Crippen MR) is 139 cm³/mol. The molecule has 0 radical (unpaired) electrons. The summed E-state index contributed by atoms with van der Waals surface area (Å²) >= 11 is 0. The number of carbonyl (C=O) groups is 2. The van der Waals surface area contributed by atoms with E-state index in [1.807, 2.05) is 50.2 Å². The lowest BCUT2D eigenvalue weighted by Crippen LogP contribution is -2.44. The fraction of sp³-hybridized carbons (Fsp3) is 0.259. The van der Waals surface area contributed by atoms with Gasteiger partial charge in [-0.05, 0) is 67.3 Å². The van der Waals surface area contributed by atoms with Gasteiger partial charge in [0.2, 0.25) is 10.0 Å². The Morgan fingerprint density at radius 1 is 0.973 bits per heavy atom. The van der Waals surface area contributed by atoms with E-state index in [1.54, 1.807) is 19.9 Å². The number of fused-ring (bicyclic) bond motifs is 4. The number of sulfonamides is 1. The van der Waals surface area contributed by atoms with Crippen molar-refractivity contribution in [2.24, 2.45) is 5.92 Å². The van der Waals surface area contributed by atoms with Gasteiger partial charge in [-0.15, -0.1) is 0 Å². The van der Waals surface area contributed by atoms with Crippen molar-refractivity contribution in [1.29, 1.82) is 0 Å². The van der Waals surface area contributed by atoms with Crippen LogP contribution in [0.15, 0.2) is 63.9 Å². The minimum absolute atomic E-state index is 0.0786. The SMILES string of the molecule is CC(C)[C@H](NS(=O)(=O)c1ccc2c(c1)oc1ccc(-c3ccc4c(c3)C(C)(C)OC(=O)N4)cc12)C(=O)O. The molecule has 1 amide bonds. The summed E-state index contributed by atoms with van der Waals surface area (Å²) in [4.78, 5) is 23.2. The summed E-state index contributed by atoms with van der Waals surface area (Å²) in [6.07, 6.45) is -0.490. The van der Waals surface area contributed by atoms with E-state index < -0.39 is 39.6 Å². The number of aliphatic carboxylic acids is 1. The Kier molecular flexibility index (Phi) is 5.76. The summed E-state index contributed by atoms with van der Waals surface area (Å²) in [7, 11) is -4.09. The van der Waals surface area contributed by atoms with Crippen molar-refractivity contribution in [3.8, 4) is 11.1 Å². The first-order valence-corrected chi connectivity index (χ1v) is 13.2. The third kappa shape index (κ3) is 4.42. The number of carboxylic acids is 1. The van der Waals surface area contributed by atoms with Crippen molar-refractivity contribution in [2.75, 3.05) is 5.32 Å². The molecule has 1 aliphatic heterocycles. The van der Waals surface area contributed by atoms with Crippen molar-refractivity contribution >= 4 is 49.7 Å². The van der Waals surface area contributed by atoms with Crippen LogP contribution in [0.1, 0.15) is 33.3 Å². The summed E-state index contributed by atoms with van der Waals surface area (Å²) < 4.78 is 39.4. The Hall–Kier alpha value is -3.89. The summed E-state index contributed by atoms with van der Waals surface area (Å²) in [5.74, 6) is -1.67. The number of rotatable bonds is 6. The van der Waals surface area contributed by atoms with Gasteiger partial charge < -0.3 is 14.3 Å². The Morgan fingerprint density at radius 2 is 1.68 bits per heavy atom. The van der Waals surface area contributed by atoms with Gasteiger partial charge in [0, 0.05) is 22.4 Å². The van der Waals surface area contributed by atoms with Crippen LogP contribution in [0.3, 0.4) is 0 Å². The quantitative estimate of drug-likeness (QED) is 0.307. The second-order valence-corrected chi connectivity index (χ2v) is 11.7. The monoisotopic (exact) mass is 522 g/mol. The molecule has 0 fully saturated rings. The highest BCUT2D eigenvalue weighted by Crippen LogP contribution is 2.39. The van der Waals surface area contributed by atoms with Crippen molar-refractivity contribution in [3.05, 3.63) is 60.2 Å². The lowest BCUT2D eigenvalue weighted by molar-refractivity contribution is -0.140. The zero-order valence-electron chi connectivity index (χ0n) is 20.7. The molecule has 2 heterocycles. The van der Waals surface area contributed by atoms with Crippen LogP contribution in [0, 0.1) is 5.92 Å². The number of furan rings is 1. The molecule has 37 heavy (non-hydrogen) atoms. The molecule has 0 saturated carbocycles. The van der Waals surface area contributed by atoms with Crippen molar-refractivity contribution in [2.45, 2.75) is 44.2 Å². The number of nitrogens with one attached hydrogen (secondary N) is 2. The third-order valence-electron chi connectivity index (χ3n) is 6.55. The first-order valence-electron chi connectivity index (χ1n) is 11.7. The summed E-state index contributed by atoms with van der Waals surface area (Å²) in [5, 5.41) is 13.6. The Morgan fingerprint density at radius 3 is 2.38 bits per heavy atom. The predicted octanol–water partition coefficient (Wildman–Crippen LogP) is 5.44. The van der Waals surface area contributed by atoms with Gasteiger partial charge in [0.15, 0.2) is 0 Å². The maximum Gasteiger partial charge on any atom is 0.412 e. The number of ether oxygens (including phenoxy) is 1. The van der Waals surface area contributed by atoms with Gasteiger partial charge in [0.05, 0.1) is 10.6 Å². The number of carbonyl (C=O) groups excluding carboxylic acids is 1. The van der Waals surface area contributed by atoms with E-state index in [1.165, 1.54) is 12.1 Å². The van der Waals surface area contributed by atoms with E-state index in [4.69, 9.17) is 9.15 Å². The van der Waals surface area contributed by atoms with Crippen molar-refractivity contribution in [3.63, 3.8) is 0 Å². The average Bonchev–Trinajstić information content (AvgIpc) is 3.18. The van der Waals surface area contributed by atoms with Crippen LogP contribution in [0.5, 0.6) is 0 Å². The fourth-order valence-electron chi connectivity index (χ4n) is 4.56. The van der Waals surface area contributed by atoms with Gasteiger partial charge in [-0.25, -0.2) is 13.2 Å². The molecule has 5 rings (SSSR count). The molecule has 9 nitrogen and oxygen atoms in total. The molecule has 4 aromatic rings. The van der Waals surface area contributed by atoms with Crippen LogP contribution in [0.25, 0.3) is 33.1 Å². The lowest BCUT2D eigenvalue weighted by atomic mass is 9.91. The molecule has 3 aromatic carbocycles. The highest BCUT2D eigenvalue weighted by molar-refractivity contribution is 7.89. The minimum Gasteiger partial charge on any atom is -0.480 e. The number of hydrogen-bond acceptors (Lipinski definition) is 6. The molecule has 0 unspecified atom stereocenters. The van der Waals surface area contributed by atoms with Crippen LogP contribution < -0.4 is 10.0 Å². The van der Waals surface area contributed by atoms with Gasteiger partial charge >= 0.3 is 12.1 Å². The molecule has 1 aromatic heterocycles. The van der Waals surface area contributed by atoms with Gasteiger partial charge in [-0.2, -0.15) is 4.72 Å². The molecule has 0 aliphatic carbocycles. The molecular formula is C27H26N2O7S. The number of anilines is 1. The highest BCUT2D eigenvalue weighted by Gasteiger charge is 2.33. The fourth-order valence-corrected chi connectivity index (χ4v) is 5.92. The average molecular weight is 523 g/mol. The van der Waals surface area contributed by atoms with E-state index in [2.05, 4.69) is 10.0 Å². The number of benzene rings is 3. The second-order valence-electron chi connectivity index (χ2n) is 9.94. The molecule has 3 N–H and O–H groups in total. The first kappa shape index (κ1) is 24.8. The van der Waals surface area contributed by atoms with Crippen LogP contribution in [-0.4, -0.2) is 31.6 Å². The largest absolute Gasteiger partial charge is 0.480 e. The third-order valence-corrected chi connectivity index (χ3v) is 7.99. The second kappa shape index (κ2) is 8.60. The van der Waals surface area contributed by atoms with Gasteiger partial charge in [-0.3, -0.25) is 10.1 Å². The van der Waals surface area contributed by atoms with E-state index in [0.29, 0.717) is 16.9 Å². The molecular weight excluding hydrogens is 496 g/mol. The topological polar surface area (TPSA) is 135 Å². The maximum absolute atomic E-state index is 12.9. The van der Waals surface area contributed by atoms with Gasteiger partial charge in [-0.1, -0.05) is 26.0 Å². The maximum atomic E-state index is 12.9. The summed E-state index contributed by atoms with van der Waals surface area (Å²) in [6, 6.07) is 14.7. The van der Waals surface area contributed by atoms with Crippen molar-refractivity contribution in [1.82, 2.24) is 4.72 Å². The van der Waals surface area contributed by atoms with Crippen LogP contribution >= 0.6 is 0 Å². The van der Waals surface area contributed by atoms with E-state index in [0.717, 1.165) is 27.5 Å². The van der Waals surface area contributed by atoms with Gasteiger partial charge in [0.25, 0.3) is 0 Å². The molecule has 10 heteroatoms.